The minimum absolute atomic E-state index is 0.110. The van der Waals surface area contributed by atoms with Crippen molar-refractivity contribution in [1.29, 1.82) is 0 Å². The highest BCUT2D eigenvalue weighted by Crippen LogP contribution is 2.26. The van der Waals surface area contributed by atoms with Gasteiger partial charge in [-0.2, -0.15) is 5.10 Å². The molecule has 0 aliphatic heterocycles. The molecule has 0 aromatic heterocycles. The largest absolute Gasteiger partial charge is 0.489 e. The molecule has 5 nitrogen and oxygen atoms in total. The zero-order chi connectivity index (χ0) is 21.9. The topological polar surface area (TPSA) is 59.9 Å². The van der Waals surface area contributed by atoms with Crippen molar-refractivity contribution >= 4 is 22.9 Å². The number of benzene rings is 3. The first-order valence-electron chi connectivity index (χ1n) is 10.5. The number of unbranched alkanes of at least 4 members (excludes halogenated alkanes) is 1. The molecular weight excluding hydrogens is 388 g/mol. The summed E-state index contributed by atoms with van der Waals surface area (Å²) in [4.78, 5) is 12.1. The van der Waals surface area contributed by atoms with E-state index >= 15 is 0 Å². The van der Waals surface area contributed by atoms with Crippen molar-refractivity contribution in [1.82, 2.24) is 5.43 Å². The Balaban J connectivity index is 1.60. The number of carbonyl (C=O) groups is 1. The van der Waals surface area contributed by atoms with E-state index in [1.807, 2.05) is 60.7 Å². The van der Waals surface area contributed by atoms with Gasteiger partial charge in [0.15, 0.2) is 6.61 Å². The number of hydrogen-bond donors (Lipinski definition) is 1. The van der Waals surface area contributed by atoms with Gasteiger partial charge in [-0.3, -0.25) is 4.79 Å². The van der Waals surface area contributed by atoms with Crippen LogP contribution in [0.3, 0.4) is 0 Å². The van der Waals surface area contributed by atoms with Crippen LogP contribution in [0.25, 0.3) is 10.8 Å². The molecule has 0 aliphatic carbocycles. The third-order valence-corrected chi connectivity index (χ3v) is 4.78. The lowest BCUT2D eigenvalue weighted by atomic mass is 10.0. The molecule has 3 rings (SSSR count). The van der Waals surface area contributed by atoms with E-state index in [1.54, 1.807) is 12.3 Å². The monoisotopic (exact) mass is 416 g/mol. The SMILES string of the molecule is C=CCOc1ccc2ccccc2c1/C=N\NC(=O)COc1ccc(CCCC)cc1. The summed E-state index contributed by atoms with van der Waals surface area (Å²) >= 11 is 0. The minimum Gasteiger partial charge on any atom is -0.489 e. The maximum Gasteiger partial charge on any atom is 0.277 e. The summed E-state index contributed by atoms with van der Waals surface area (Å²) in [6.45, 7) is 6.14. The average Bonchev–Trinajstić information content (AvgIpc) is 2.81. The van der Waals surface area contributed by atoms with Crippen molar-refractivity contribution < 1.29 is 14.3 Å². The van der Waals surface area contributed by atoms with E-state index in [0.29, 0.717) is 18.1 Å². The molecule has 0 aliphatic rings. The van der Waals surface area contributed by atoms with Crippen LogP contribution in [0, 0.1) is 0 Å². The fourth-order valence-corrected chi connectivity index (χ4v) is 3.17. The number of hydrogen-bond acceptors (Lipinski definition) is 4. The zero-order valence-corrected chi connectivity index (χ0v) is 17.8. The molecule has 0 bridgehead atoms. The van der Waals surface area contributed by atoms with Crippen molar-refractivity contribution in [2.75, 3.05) is 13.2 Å². The molecule has 3 aromatic carbocycles. The summed E-state index contributed by atoms with van der Waals surface area (Å²) in [6, 6.07) is 19.7. The Bertz CT molecular complexity index is 1040. The summed E-state index contributed by atoms with van der Waals surface area (Å²) < 4.78 is 11.3. The van der Waals surface area contributed by atoms with E-state index in [0.717, 1.165) is 29.2 Å². The van der Waals surface area contributed by atoms with Gasteiger partial charge in [-0.05, 0) is 47.4 Å². The first kappa shape index (κ1) is 22.1. The Kier molecular flexibility index (Phi) is 8.23. The molecule has 31 heavy (non-hydrogen) atoms. The van der Waals surface area contributed by atoms with Crippen molar-refractivity contribution in [3.8, 4) is 11.5 Å². The number of fused-ring (bicyclic) bond motifs is 1. The number of nitrogens with zero attached hydrogens (tertiary/aromatic N) is 1. The summed E-state index contributed by atoms with van der Waals surface area (Å²) in [6.07, 6.45) is 6.67. The number of nitrogens with one attached hydrogen (secondary N) is 1. The highest BCUT2D eigenvalue weighted by atomic mass is 16.5. The molecule has 0 heterocycles. The summed E-state index contributed by atoms with van der Waals surface area (Å²) in [5.74, 6) is 1.00. The Morgan fingerprint density at radius 2 is 1.87 bits per heavy atom. The number of rotatable bonds is 11. The number of ether oxygens (including phenoxy) is 2. The van der Waals surface area contributed by atoms with Gasteiger partial charge in [-0.1, -0.05) is 68.5 Å². The molecule has 3 aromatic rings. The second-order valence-electron chi connectivity index (χ2n) is 7.13. The molecule has 0 fully saturated rings. The predicted octanol–water partition coefficient (Wildman–Crippen LogP) is 5.28. The standard InChI is InChI=1S/C26H28N2O3/c1-3-5-8-20-11-14-22(15-12-20)31-19-26(29)28-27-18-24-23-10-7-6-9-21(23)13-16-25(24)30-17-4-2/h4,6-7,9-16,18H,2-3,5,8,17,19H2,1H3,(H,28,29)/b27-18-. The minimum atomic E-state index is -0.333. The first-order chi connectivity index (χ1) is 15.2. The van der Waals surface area contributed by atoms with Crippen LogP contribution in [-0.2, 0) is 11.2 Å². The third kappa shape index (κ3) is 6.44. The molecule has 0 atom stereocenters. The molecule has 1 N–H and O–H groups in total. The van der Waals surface area contributed by atoms with Gasteiger partial charge in [0.1, 0.15) is 18.1 Å². The molecule has 1 amide bonds. The van der Waals surface area contributed by atoms with Gasteiger partial charge < -0.3 is 9.47 Å². The highest BCUT2D eigenvalue weighted by Gasteiger charge is 2.07. The second kappa shape index (κ2) is 11.6. The van der Waals surface area contributed by atoms with Gasteiger partial charge in [0.2, 0.25) is 0 Å². The Morgan fingerprint density at radius 1 is 1.06 bits per heavy atom. The van der Waals surface area contributed by atoms with Crippen LogP contribution in [0.4, 0.5) is 0 Å². The van der Waals surface area contributed by atoms with Crippen LogP contribution in [0.1, 0.15) is 30.9 Å². The van der Waals surface area contributed by atoms with Crippen LogP contribution in [-0.4, -0.2) is 25.3 Å². The Labute approximate surface area is 183 Å². The molecular formula is C26H28N2O3. The van der Waals surface area contributed by atoms with Crippen LogP contribution in [0.5, 0.6) is 11.5 Å². The number of aryl methyl sites for hydroxylation is 1. The fourth-order valence-electron chi connectivity index (χ4n) is 3.17. The van der Waals surface area contributed by atoms with Gasteiger partial charge in [-0.25, -0.2) is 5.43 Å². The van der Waals surface area contributed by atoms with E-state index in [9.17, 15) is 4.79 Å². The molecule has 0 spiro atoms. The van der Waals surface area contributed by atoms with Crippen molar-refractivity contribution in [3.63, 3.8) is 0 Å². The summed E-state index contributed by atoms with van der Waals surface area (Å²) in [5.41, 5.74) is 4.58. The zero-order valence-electron chi connectivity index (χ0n) is 17.8. The fraction of sp³-hybridized carbons (Fsp3) is 0.231. The first-order valence-corrected chi connectivity index (χ1v) is 10.5. The van der Waals surface area contributed by atoms with E-state index in [2.05, 4.69) is 24.0 Å². The van der Waals surface area contributed by atoms with Crippen molar-refractivity contribution in [3.05, 3.63) is 84.4 Å². The van der Waals surface area contributed by atoms with Crippen molar-refractivity contribution in [2.45, 2.75) is 26.2 Å². The number of carbonyl (C=O) groups excluding carboxylic acids is 1. The van der Waals surface area contributed by atoms with E-state index in [1.165, 1.54) is 12.0 Å². The van der Waals surface area contributed by atoms with Crippen LogP contribution in [0.2, 0.25) is 0 Å². The van der Waals surface area contributed by atoms with Crippen molar-refractivity contribution in [2.24, 2.45) is 5.10 Å². The van der Waals surface area contributed by atoms with Gasteiger partial charge in [0, 0.05) is 5.56 Å². The summed E-state index contributed by atoms with van der Waals surface area (Å²) in [7, 11) is 0. The normalized spacial score (nSPS) is 10.9. The average molecular weight is 417 g/mol. The van der Waals surface area contributed by atoms with Gasteiger partial charge in [-0.15, -0.1) is 0 Å². The smallest absolute Gasteiger partial charge is 0.277 e. The number of hydrazone groups is 1. The van der Waals surface area contributed by atoms with E-state index in [4.69, 9.17) is 9.47 Å². The second-order valence-corrected chi connectivity index (χ2v) is 7.13. The lowest BCUT2D eigenvalue weighted by Gasteiger charge is -2.10. The lowest BCUT2D eigenvalue weighted by molar-refractivity contribution is -0.123. The van der Waals surface area contributed by atoms with Gasteiger partial charge >= 0.3 is 0 Å². The van der Waals surface area contributed by atoms with Crippen LogP contribution >= 0.6 is 0 Å². The Morgan fingerprint density at radius 3 is 2.65 bits per heavy atom. The molecule has 0 saturated carbocycles. The quantitative estimate of drug-likeness (QED) is 0.263. The third-order valence-electron chi connectivity index (χ3n) is 4.78. The lowest BCUT2D eigenvalue weighted by Crippen LogP contribution is -2.24. The molecule has 160 valence electrons. The molecule has 0 radical (unpaired) electrons. The molecule has 0 saturated heterocycles. The number of amides is 1. The molecule has 5 heteroatoms. The van der Waals surface area contributed by atoms with Gasteiger partial charge in [0.05, 0.1) is 6.21 Å². The maximum atomic E-state index is 12.1. The highest BCUT2D eigenvalue weighted by molar-refractivity contribution is 6.02. The van der Waals surface area contributed by atoms with Crippen LogP contribution in [0.15, 0.2) is 78.4 Å². The van der Waals surface area contributed by atoms with Gasteiger partial charge in [0.25, 0.3) is 5.91 Å². The molecule has 0 unspecified atom stereocenters. The Hall–Kier alpha value is -3.60. The maximum absolute atomic E-state index is 12.1. The summed E-state index contributed by atoms with van der Waals surface area (Å²) in [5, 5.41) is 6.16. The van der Waals surface area contributed by atoms with E-state index < -0.39 is 0 Å². The predicted molar refractivity (Wildman–Crippen MR) is 126 cm³/mol. The van der Waals surface area contributed by atoms with E-state index in [-0.39, 0.29) is 12.5 Å². The van der Waals surface area contributed by atoms with Crippen LogP contribution < -0.4 is 14.9 Å².